The van der Waals surface area contributed by atoms with Crippen molar-refractivity contribution in [3.63, 3.8) is 0 Å². The fraction of sp³-hybridized carbons (Fsp3) is 0.125. The van der Waals surface area contributed by atoms with E-state index in [0.717, 1.165) is 12.1 Å². The summed E-state index contributed by atoms with van der Waals surface area (Å²) < 4.78 is 63.8. The van der Waals surface area contributed by atoms with Crippen molar-refractivity contribution in [2.75, 3.05) is 0 Å². The summed E-state index contributed by atoms with van der Waals surface area (Å²) in [6.07, 6.45) is 0. The lowest BCUT2D eigenvalue weighted by Gasteiger charge is -2.10. The van der Waals surface area contributed by atoms with E-state index < -0.39 is 37.8 Å². The van der Waals surface area contributed by atoms with Crippen LogP contribution in [0.4, 0.5) is 13.2 Å². The van der Waals surface area contributed by atoms with Crippen molar-refractivity contribution in [2.24, 2.45) is 0 Å². The highest BCUT2D eigenvalue weighted by molar-refractivity contribution is 7.91. The smallest absolute Gasteiger partial charge is 0.341 e. The molecule has 28 heavy (non-hydrogen) atoms. The first-order valence-electron chi connectivity index (χ1n) is 7.73. The predicted octanol–water partition coefficient (Wildman–Crippen LogP) is 1.73. The van der Waals surface area contributed by atoms with Crippen LogP contribution in [0, 0.1) is 5.82 Å². The van der Waals surface area contributed by atoms with Gasteiger partial charge in [0.1, 0.15) is 5.82 Å². The normalized spacial score (nSPS) is 11.6. The van der Waals surface area contributed by atoms with Crippen LogP contribution in [0.3, 0.4) is 0 Å². The van der Waals surface area contributed by atoms with Crippen molar-refractivity contribution in [1.82, 2.24) is 25.5 Å². The molecular weight excluding hydrogens is 399 g/mol. The third kappa shape index (κ3) is 3.86. The molecule has 0 aliphatic rings. The molecule has 0 aliphatic carbocycles. The molecule has 2 aromatic carbocycles. The summed E-state index contributed by atoms with van der Waals surface area (Å²) in [5.41, 5.74) is -0.137. The Morgan fingerprint density at radius 3 is 2.61 bits per heavy atom. The van der Waals surface area contributed by atoms with E-state index in [1.54, 1.807) is 0 Å². The van der Waals surface area contributed by atoms with Crippen molar-refractivity contribution in [2.45, 2.75) is 17.2 Å². The highest BCUT2D eigenvalue weighted by atomic mass is 32.2. The van der Waals surface area contributed by atoms with Gasteiger partial charge in [0.25, 0.3) is 5.91 Å². The van der Waals surface area contributed by atoms with E-state index in [-0.39, 0.29) is 12.4 Å². The van der Waals surface area contributed by atoms with Gasteiger partial charge in [0.2, 0.25) is 9.84 Å². The van der Waals surface area contributed by atoms with Crippen LogP contribution in [-0.4, -0.2) is 40.3 Å². The molecule has 0 unspecified atom stereocenters. The lowest BCUT2D eigenvalue weighted by molar-refractivity contribution is 0.0946. The maximum atomic E-state index is 13.4. The van der Waals surface area contributed by atoms with Gasteiger partial charge in [-0.2, -0.15) is 13.5 Å². The minimum atomic E-state index is -4.96. The van der Waals surface area contributed by atoms with Crippen molar-refractivity contribution in [1.29, 1.82) is 0 Å². The second kappa shape index (κ2) is 7.76. The lowest BCUT2D eigenvalue weighted by atomic mass is 10.2. The average Bonchev–Trinajstić information content (AvgIpc) is 3.14. The molecule has 1 aromatic heterocycles. The Morgan fingerprint density at radius 2 is 1.89 bits per heavy atom. The Kier molecular flexibility index (Phi) is 5.40. The van der Waals surface area contributed by atoms with Crippen LogP contribution >= 0.6 is 0 Å². The SMILES string of the molecule is O=C(NCc1nnnn1-c1cccc(F)c1)c1ccccc1S(=O)(=O)C(F)F. The molecule has 0 saturated heterocycles. The number of aromatic nitrogens is 4. The van der Waals surface area contributed by atoms with Crippen molar-refractivity contribution in [3.8, 4) is 5.69 Å². The van der Waals surface area contributed by atoms with Gasteiger partial charge in [-0.3, -0.25) is 4.79 Å². The van der Waals surface area contributed by atoms with Gasteiger partial charge in [-0.25, -0.2) is 12.8 Å². The number of nitrogens with one attached hydrogen (secondary N) is 1. The van der Waals surface area contributed by atoms with Crippen molar-refractivity contribution in [3.05, 3.63) is 65.7 Å². The highest BCUT2D eigenvalue weighted by Gasteiger charge is 2.30. The van der Waals surface area contributed by atoms with E-state index in [2.05, 4.69) is 20.8 Å². The minimum Gasteiger partial charge on any atom is -0.345 e. The molecule has 0 radical (unpaired) electrons. The molecule has 3 aromatic rings. The van der Waals surface area contributed by atoms with E-state index in [1.165, 1.54) is 41.1 Å². The fourth-order valence-electron chi connectivity index (χ4n) is 2.38. The van der Waals surface area contributed by atoms with Crippen molar-refractivity contribution >= 4 is 15.7 Å². The van der Waals surface area contributed by atoms with E-state index in [1.807, 2.05) is 0 Å². The van der Waals surface area contributed by atoms with Crippen LogP contribution in [0.15, 0.2) is 53.4 Å². The second-order valence-corrected chi connectivity index (χ2v) is 7.36. The molecule has 8 nitrogen and oxygen atoms in total. The monoisotopic (exact) mass is 411 g/mol. The highest BCUT2D eigenvalue weighted by Crippen LogP contribution is 2.22. The second-order valence-electron chi connectivity index (χ2n) is 5.47. The summed E-state index contributed by atoms with van der Waals surface area (Å²) >= 11 is 0. The fourth-order valence-corrected chi connectivity index (χ4v) is 3.30. The maximum Gasteiger partial charge on any atom is 0.341 e. The zero-order chi connectivity index (χ0) is 20.3. The molecule has 0 aliphatic heterocycles. The topological polar surface area (TPSA) is 107 Å². The quantitative estimate of drug-likeness (QED) is 0.662. The maximum absolute atomic E-state index is 13.4. The molecular formula is C16H12F3N5O3S. The number of halogens is 3. The number of carbonyl (C=O) groups is 1. The van der Waals surface area contributed by atoms with Crippen LogP contribution in [-0.2, 0) is 16.4 Å². The van der Waals surface area contributed by atoms with Gasteiger partial charge in [-0.15, -0.1) is 5.10 Å². The summed E-state index contributed by atoms with van der Waals surface area (Å²) in [7, 11) is -4.96. The molecule has 1 N–H and O–H groups in total. The first-order valence-corrected chi connectivity index (χ1v) is 9.28. The van der Waals surface area contributed by atoms with Crippen LogP contribution in [0.1, 0.15) is 16.2 Å². The number of amides is 1. The predicted molar refractivity (Wildman–Crippen MR) is 89.9 cm³/mol. The first kappa shape index (κ1) is 19.5. The summed E-state index contributed by atoms with van der Waals surface area (Å²) in [4.78, 5) is 11.6. The number of sulfone groups is 1. The molecule has 12 heteroatoms. The van der Waals surface area contributed by atoms with Gasteiger partial charge in [-0.05, 0) is 40.8 Å². The van der Waals surface area contributed by atoms with Gasteiger partial charge in [0.15, 0.2) is 5.82 Å². The average molecular weight is 411 g/mol. The number of hydrogen-bond acceptors (Lipinski definition) is 6. The van der Waals surface area contributed by atoms with E-state index >= 15 is 0 Å². The van der Waals surface area contributed by atoms with Gasteiger partial charge < -0.3 is 5.32 Å². The lowest BCUT2D eigenvalue weighted by Crippen LogP contribution is -2.27. The minimum absolute atomic E-state index is 0.119. The number of nitrogens with zero attached hydrogens (tertiary/aromatic N) is 4. The number of benzene rings is 2. The number of alkyl halides is 2. The molecule has 1 amide bonds. The zero-order valence-corrected chi connectivity index (χ0v) is 14.8. The summed E-state index contributed by atoms with van der Waals surface area (Å²) in [5, 5.41) is 13.2. The number of rotatable bonds is 6. The Balaban J connectivity index is 1.83. The van der Waals surface area contributed by atoms with Gasteiger partial charge >= 0.3 is 5.76 Å². The Bertz CT molecular complexity index is 1120. The molecule has 0 saturated carbocycles. The molecule has 3 rings (SSSR count). The van der Waals surface area contributed by atoms with Gasteiger partial charge in [0.05, 0.1) is 22.7 Å². The number of tetrazole rings is 1. The molecule has 0 fully saturated rings. The standard InChI is InChI=1S/C16H12F3N5O3S/c17-10-4-3-5-11(8-10)24-14(21-22-23-24)9-20-15(25)12-6-1-2-7-13(12)28(26,27)16(18)19/h1-8,16H,9H2,(H,20,25). The summed E-state index contributed by atoms with van der Waals surface area (Å²) in [6.45, 7) is -0.259. The largest absolute Gasteiger partial charge is 0.345 e. The summed E-state index contributed by atoms with van der Waals surface area (Å²) in [5.74, 6) is -4.97. The van der Waals surface area contributed by atoms with Gasteiger partial charge in [0, 0.05) is 0 Å². The number of hydrogen-bond donors (Lipinski definition) is 1. The molecule has 0 spiro atoms. The van der Waals surface area contributed by atoms with E-state index in [0.29, 0.717) is 5.69 Å². The zero-order valence-electron chi connectivity index (χ0n) is 14.0. The van der Waals surface area contributed by atoms with Crippen molar-refractivity contribution < 1.29 is 26.4 Å². The van der Waals surface area contributed by atoms with Crippen LogP contribution in [0.25, 0.3) is 5.69 Å². The molecule has 1 heterocycles. The van der Waals surface area contributed by atoms with E-state index in [4.69, 9.17) is 0 Å². The van der Waals surface area contributed by atoms with Crippen LogP contribution in [0.2, 0.25) is 0 Å². The molecule has 0 bridgehead atoms. The Labute approximate surface area is 156 Å². The Hall–Kier alpha value is -3.28. The van der Waals surface area contributed by atoms with Crippen LogP contribution in [0.5, 0.6) is 0 Å². The molecule has 0 atom stereocenters. The van der Waals surface area contributed by atoms with Crippen LogP contribution < -0.4 is 5.32 Å². The third-order valence-electron chi connectivity index (χ3n) is 3.67. The summed E-state index contributed by atoms with van der Waals surface area (Å²) in [6, 6.07) is 10.00. The van der Waals surface area contributed by atoms with Gasteiger partial charge in [-0.1, -0.05) is 18.2 Å². The number of carbonyl (C=O) groups excluding carboxylic acids is 1. The Morgan fingerprint density at radius 1 is 1.14 bits per heavy atom. The van der Waals surface area contributed by atoms with E-state index in [9.17, 15) is 26.4 Å². The first-order chi connectivity index (χ1) is 13.3. The molecule has 146 valence electrons. The third-order valence-corrected chi connectivity index (χ3v) is 5.10.